The smallest absolute Gasteiger partial charge is 0.318 e. The largest absolute Gasteiger partial charge is 0.341 e. The van der Waals surface area contributed by atoms with Crippen molar-refractivity contribution in [1.82, 2.24) is 20.0 Å². The van der Waals surface area contributed by atoms with Crippen molar-refractivity contribution in [3.63, 3.8) is 0 Å². The number of benzene rings is 1. The van der Waals surface area contributed by atoms with Crippen LogP contribution >= 0.6 is 0 Å². The molecule has 2 saturated heterocycles. The molecule has 7 nitrogen and oxygen atoms in total. The van der Waals surface area contributed by atoms with E-state index < -0.39 is 0 Å². The zero-order valence-electron chi connectivity index (χ0n) is 18.1. The number of fused-ring (bicyclic) bond motifs is 1. The van der Waals surface area contributed by atoms with Crippen LogP contribution in [0, 0.1) is 0 Å². The van der Waals surface area contributed by atoms with Gasteiger partial charge in [-0.25, -0.2) is 4.79 Å². The van der Waals surface area contributed by atoms with Crippen molar-refractivity contribution in [1.29, 1.82) is 0 Å². The van der Waals surface area contributed by atoms with Crippen molar-refractivity contribution in [2.75, 3.05) is 19.6 Å². The summed E-state index contributed by atoms with van der Waals surface area (Å²) >= 11 is 0. The van der Waals surface area contributed by atoms with Gasteiger partial charge >= 0.3 is 6.03 Å². The van der Waals surface area contributed by atoms with Crippen LogP contribution in [0.4, 0.5) is 4.79 Å². The van der Waals surface area contributed by atoms with Crippen LogP contribution in [0.3, 0.4) is 0 Å². The Kier molecular flexibility index (Phi) is 5.59. The zero-order chi connectivity index (χ0) is 21.4. The molecule has 1 unspecified atom stereocenters. The molecule has 31 heavy (non-hydrogen) atoms. The maximum atomic E-state index is 13.2. The van der Waals surface area contributed by atoms with E-state index >= 15 is 0 Å². The first-order chi connectivity index (χ1) is 15.1. The molecule has 166 valence electrons. The summed E-state index contributed by atoms with van der Waals surface area (Å²) in [6.45, 7) is 2.63. The summed E-state index contributed by atoms with van der Waals surface area (Å²) in [5.74, 6) is 0.194. The molecule has 4 amide bonds. The molecule has 1 atom stereocenters. The third-order valence-electron chi connectivity index (χ3n) is 7.55. The summed E-state index contributed by atoms with van der Waals surface area (Å²) in [7, 11) is 0. The third-order valence-corrected chi connectivity index (χ3v) is 7.55. The number of piperidine rings is 1. The number of carbonyl (C=O) groups is 3. The number of hydrogen-bond acceptors (Lipinski definition) is 3. The molecule has 1 aromatic carbocycles. The van der Waals surface area contributed by atoms with Crippen LogP contribution in [0.15, 0.2) is 24.3 Å². The van der Waals surface area contributed by atoms with E-state index in [-0.39, 0.29) is 36.0 Å². The van der Waals surface area contributed by atoms with Crippen molar-refractivity contribution in [3.05, 3.63) is 35.4 Å². The van der Waals surface area contributed by atoms with Crippen molar-refractivity contribution >= 4 is 17.8 Å². The second kappa shape index (κ2) is 8.52. The first kappa shape index (κ1) is 20.3. The molecule has 0 spiro atoms. The van der Waals surface area contributed by atoms with E-state index in [1.165, 1.54) is 12.8 Å². The van der Waals surface area contributed by atoms with Gasteiger partial charge in [-0.2, -0.15) is 0 Å². The summed E-state index contributed by atoms with van der Waals surface area (Å²) in [4.78, 5) is 44.4. The minimum absolute atomic E-state index is 0.0712. The normalized spacial score (nSPS) is 24.7. The standard InChI is InChI=1S/C24H32N4O3/c29-22-20-9-4-1-6-17(20)16-28(22)19-11-14-26(15-12-19)23(30)21-10-5-13-27(21)24(31)25-18-7-2-3-8-18/h1,4,6,9,18-19,21H,2-3,5,7-8,10-16H2,(H,25,31). The van der Waals surface area contributed by atoms with Crippen molar-refractivity contribution in [2.24, 2.45) is 0 Å². The number of hydrogen-bond donors (Lipinski definition) is 1. The maximum Gasteiger partial charge on any atom is 0.318 e. The maximum absolute atomic E-state index is 13.2. The van der Waals surface area contributed by atoms with Crippen LogP contribution in [0.1, 0.15) is 67.3 Å². The number of amides is 4. The molecular weight excluding hydrogens is 392 g/mol. The van der Waals surface area contributed by atoms with Gasteiger partial charge in [-0.15, -0.1) is 0 Å². The van der Waals surface area contributed by atoms with Gasteiger partial charge in [0.2, 0.25) is 5.91 Å². The minimum atomic E-state index is -0.337. The summed E-state index contributed by atoms with van der Waals surface area (Å²) in [5.41, 5.74) is 1.91. The second-order valence-corrected chi connectivity index (χ2v) is 9.43. The van der Waals surface area contributed by atoms with Gasteiger partial charge in [-0.1, -0.05) is 31.0 Å². The first-order valence-electron chi connectivity index (χ1n) is 11.9. The van der Waals surface area contributed by atoms with Crippen LogP contribution < -0.4 is 5.32 Å². The van der Waals surface area contributed by atoms with Crippen molar-refractivity contribution in [3.8, 4) is 0 Å². The molecule has 0 radical (unpaired) electrons. The lowest BCUT2D eigenvalue weighted by Crippen LogP contribution is -2.54. The molecule has 4 aliphatic rings. The van der Waals surface area contributed by atoms with E-state index in [4.69, 9.17) is 0 Å². The SMILES string of the molecule is O=C(C1CCCN1C(=O)NC1CCCC1)N1CCC(N2Cc3ccccc3C2=O)CC1. The Morgan fingerprint density at radius 2 is 1.65 bits per heavy atom. The van der Waals surface area contributed by atoms with Gasteiger partial charge in [0.05, 0.1) is 0 Å². The highest BCUT2D eigenvalue weighted by atomic mass is 16.2. The number of likely N-dealkylation sites (tertiary alicyclic amines) is 2. The minimum Gasteiger partial charge on any atom is -0.341 e. The van der Waals surface area contributed by atoms with Gasteiger partial charge in [-0.3, -0.25) is 9.59 Å². The Balaban J connectivity index is 1.16. The van der Waals surface area contributed by atoms with Gasteiger partial charge in [0.25, 0.3) is 5.91 Å². The molecule has 0 aromatic heterocycles. The molecule has 1 N–H and O–H groups in total. The van der Waals surface area contributed by atoms with Gasteiger partial charge in [0.15, 0.2) is 0 Å². The fraction of sp³-hybridized carbons (Fsp3) is 0.625. The van der Waals surface area contributed by atoms with E-state index in [0.717, 1.165) is 49.7 Å². The average molecular weight is 425 g/mol. The molecule has 3 fully saturated rings. The van der Waals surface area contributed by atoms with E-state index in [0.29, 0.717) is 26.2 Å². The molecule has 3 heterocycles. The molecule has 1 aliphatic carbocycles. The number of nitrogens with zero attached hydrogens (tertiary/aromatic N) is 3. The van der Waals surface area contributed by atoms with Crippen molar-refractivity contribution in [2.45, 2.75) is 76.0 Å². The van der Waals surface area contributed by atoms with Gasteiger partial charge in [0, 0.05) is 43.8 Å². The average Bonchev–Trinajstić information content (AvgIpc) is 3.54. The highest BCUT2D eigenvalue weighted by molar-refractivity contribution is 5.98. The van der Waals surface area contributed by atoms with E-state index in [9.17, 15) is 14.4 Å². The fourth-order valence-corrected chi connectivity index (χ4v) is 5.77. The van der Waals surface area contributed by atoms with Crippen LogP contribution in [-0.2, 0) is 11.3 Å². The third kappa shape index (κ3) is 3.90. The Morgan fingerprint density at radius 1 is 0.903 bits per heavy atom. The molecule has 1 saturated carbocycles. The fourth-order valence-electron chi connectivity index (χ4n) is 5.77. The van der Waals surface area contributed by atoms with E-state index in [1.807, 2.05) is 34.1 Å². The van der Waals surface area contributed by atoms with E-state index in [1.54, 1.807) is 4.90 Å². The predicted octanol–water partition coefficient (Wildman–Crippen LogP) is 2.75. The Labute approximate surface area is 183 Å². The summed E-state index contributed by atoms with van der Waals surface area (Å²) in [6.07, 6.45) is 7.66. The first-order valence-corrected chi connectivity index (χ1v) is 11.9. The molecular formula is C24H32N4O3. The van der Waals surface area contributed by atoms with Gasteiger partial charge in [0.1, 0.15) is 6.04 Å². The number of rotatable bonds is 3. The quantitative estimate of drug-likeness (QED) is 0.811. The summed E-state index contributed by atoms with van der Waals surface area (Å²) in [6, 6.07) is 7.86. The molecule has 7 heteroatoms. The highest BCUT2D eigenvalue weighted by Crippen LogP contribution is 2.29. The number of carbonyl (C=O) groups excluding carboxylic acids is 3. The van der Waals surface area contributed by atoms with Crippen LogP contribution in [-0.4, -0.2) is 70.3 Å². The van der Waals surface area contributed by atoms with Crippen molar-refractivity contribution < 1.29 is 14.4 Å². The molecule has 0 bridgehead atoms. The van der Waals surface area contributed by atoms with Crippen LogP contribution in [0.2, 0.25) is 0 Å². The van der Waals surface area contributed by atoms with Crippen LogP contribution in [0.5, 0.6) is 0 Å². The van der Waals surface area contributed by atoms with Crippen LogP contribution in [0.25, 0.3) is 0 Å². The molecule has 3 aliphatic heterocycles. The van der Waals surface area contributed by atoms with E-state index in [2.05, 4.69) is 5.32 Å². The second-order valence-electron chi connectivity index (χ2n) is 9.43. The lowest BCUT2D eigenvalue weighted by atomic mass is 10.0. The molecule has 1 aromatic rings. The molecule has 5 rings (SSSR count). The summed E-state index contributed by atoms with van der Waals surface area (Å²) < 4.78 is 0. The Hall–Kier alpha value is -2.57. The highest BCUT2D eigenvalue weighted by Gasteiger charge is 2.40. The Morgan fingerprint density at radius 3 is 2.39 bits per heavy atom. The zero-order valence-corrected chi connectivity index (χ0v) is 18.1. The van der Waals surface area contributed by atoms with Gasteiger partial charge in [-0.05, 0) is 50.2 Å². The summed E-state index contributed by atoms with van der Waals surface area (Å²) in [5, 5.41) is 3.14. The number of nitrogens with one attached hydrogen (secondary N) is 1. The monoisotopic (exact) mass is 424 g/mol. The lowest BCUT2D eigenvalue weighted by Gasteiger charge is -2.38. The number of urea groups is 1. The Bertz CT molecular complexity index is 858. The predicted molar refractivity (Wildman–Crippen MR) is 116 cm³/mol. The van der Waals surface area contributed by atoms with Gasteiger partial charge < -0.3 is 20.0 Å². The topological polar surface area (TPSA) is 73.0 Å². The lowest BCUT2D eigenvalue weighted by molar-refractivity contribution is -0.136.